The monoisotopic (exact) mass is 221 g/mol. The lowest BCUT2D eigenvalue weighted by Crippen LogP contribution is -2.27. The van der Waals surface area contributed by atoms with Crippen molar-refractivity contribution in [3.63, 3.8) is 0 Å². The molecule has 0 unspecified atom stereocenters. The van der Waals surface area contributed by atoms with Crippen LogP contribution in [0.3, 0.4) is 0 Å². The van der Waals surface area contributed by atoms with Gasteiger partial charge in [-0.3, -0.25) is 9.88 Å². The van der Waals surface area contributed by atoms with Crippen LogP contribution >= 0.6 is 0 Å². The number of nitrogens with one attached hydrogen (secondary N) is 1. The Morgan fingerprint density at radius 1 is 1.38 bits per heavy atom. The third-order valence-electron chi connectivity index (χ3n) is 2.84. The predicted molar refractivity (Wildman–Crippen MR) is 63.6 cm³/mol. The van der Waals surface area contributed by atoms with E-state index in [1.807, 2.05) is 6.20 Å². The van der Waals surface area contributed by atoms with Gasteiger partial charge in [0.2, 0.25) is 0 Å². The summed E-state index contributed by atoms with van der Waals surface area (Å²) in [6, 6.07) is 2.06. The van der Waals surface area contributed by atoms with E-state index >= 15 is 0 Å². The Morgan fingerprint density at radius 2 is 2.31 bits per heavy atom. The molecular weight excluding hydrogens is 202 g/mol. The van der Waals surface area contributed by atoms with Gasteiger partial charge in [0.15, 0.2) is 0 Å². The molecule has 0 amide bonds. The van der Waals surface area contributed by atoms with Crippen molar-refractivity contribution in [1.29, 1.82) is 0 Å². The van der Waals surface area contributed by atoms with E-state index in [0.717, 1.165) is 38.5 Å². The topological polar surface area (TPSA) is 37.4 Å². The molecule has 16 heavy (non-hydrogen) atoms. The van der Waals surface area contributed by atoms with Gasteiger partial charge < -0.3 is 10.1 Å². The minimum atomic E-state index is 0.838. The van der Waals surface area contributed by atoms with E-state index in [2.05, 4.69) is 21.3 Å². The molecule has 0 aromatic carbocycles. The van der Waals surface area contributed by atoms with Crippen molar-refractivity contribution in [2.24, 2.45) is 0 Å². The highest BCUT2D eigenvalue weighted by Gasteiger charge is 2.09. The third kappa shape index (κ3) is 3.18. The molecule has 0 bridgehead atoms. The first kappa shape index (κ1) is 11.4. The molecule has 0 spiro atoms. The van der Waals surface area contributed by atoms with Crippen LogP contribution in [0.4, 0.5) is 0 Å². The number of pyridine rings is 1. The van der Waals surface area contributed by atoms with Crippen molar-refractivity contribution in [2.45, 2.75) is 13.0 Å². The van der Waals surface area contributed by atoms with Gasteiger partial charge in [-0.1, -0.05) is 0 Å². The molecule has 1 fully saturated rings. The largest absolute Gasteiger partial charge is 0.495 e. The molecule has 1 saturated heterocycles. The summed E-state index contributed by atoms with van der Waals surface area (Å²) in [7, 11) is 1.68. The van der Waals surface area contributed by atoms with Gasteiger partial charge in [-0.25, -0.2) is 0 Å². The average molecular weight is 221 g/mol. The fourth-order valence-corrected chi connectivity index (χ4v) is 1.98. The molecule has 4 nitrogen and oxygen atoms in total. The van der Waals surface area contributed by atoms with Gasteiger partial charge in [-0.15, -0.1) is 0 Å². The zero-order valence-electron chi connectivity index (χ0n) is 9.78. The smallest absolute Gasteiger partial charge is 0.137 e. The Kier molecular flexibility index (Phi) is 4.13. The van der Waals surface area contributed by atoms with Crippen LogP contribution in [-0.4, -0.2) is 43.2 Å². The van der Waals surface area contributed by atoms with Crippen LogP contribution in [0, 0.1) is 0 Å². The second-order valence-electron chi connectivity index (χ2n) is 4.11. The summed E-state index contributed by atoms with van der Waals surface area (Å²) in [5.74, 6) is 0.838. The van der Waals surface area contributed by atoms with E-state index in [0.29, 0.717) is 0 Å². The molecule has 0 aliphatic carbocycles. The van der Waals surface area contributed by atoms with Crippen LogP contribution in [-0.2, 0) is 6.54 Å². The second kappa shape index (κ2) is 5.82. The van der Waals surface area contributed by atoms with Crippen molar-refractivity contribution in [2.75, 3.05) is 33.3 Å². The fraction of sp³-hybridized carbons (Fsp3) is 0.583. The van der Waals surface area contributed by atoms with Gasteiger partial charge >= 0.3 is 0 Å². The molecule has 2 heterocycles. The summed E-state index contributed by atoms with van der Waals surface area (Å²) in [6.07, 6.45) is 4.88. The fourth-order valence-electron chi connectivity index (χ4n) is 1.98. The van der Waals surface area contributed by atoms with E-state index in [1.54, 1.807) is 13.3 Å². The quantitative estimate of drug-likeness (QED) is 0.822. The molecule has 4 heteroatoms. The first-order valence-electron chi connectivity index (χ1n) is 5.79. The maximum atomic E-state index is 5.18. The number of rotatable bonds is 3. The molecule has 2 rings (SSSR count). The lowest BCUT2D eigenvalue weighted by atomic mass is 10.2. The predicted octanol–water partition coefficient (Wildman–Crippen LogP) is 0.885. The third-order valence-corrected chi connectivity index (χ3v) is 2.84. The van der Waals surface area contributed by atoms with Crippen LogP contribution in [0.2, 0.25) is 0 Å². The highest BCUT2D eigenvalue weighted by Crippen LogP contribution is 2.12. The number of methoxy groups -OCH3 is 1. The van der Waals surface area contributed by atoms with Gasteiger partial charge in [0.05, 0.1) is 13.3 Å². The maximum absolute atomic E-state index is 5.18. The summed E-state index contributed by atoms with van der Waals surface area (Å²) in [4.78, 5) is 6.63. The van der Waals surface area contributed by atoms with Crippen molar-refractivity contribution >= 4 is 0 Å². The maximum Gasteiger partial charge on any atom is 0.137 e. The number of nitrogens with zero attached hydrogens (tertiary/aromatic N) is 2. The van der Waals surface area contributed by atoms with E-state index < -0.39 is 0 Å². The Balaban J connectivity index is 1.96. The molecule has 1 aromatic heterocycles. The first-order chi connectivity index (χ1) is 7.88. The summed E-state index contributed by atoms with van der Waals surface area (Å²) in [5.41, 5.74) is 1.22. The minimum Gasteiger partial charge on any atom is -0.495 e. The average Bonchev–Trinajstić information content (AvgIpc) is 2.58. The number of aromatic nitrogens is 1. The molecule has 1 aromatic rings. The standard InChI is InChI=1S/C12H19N3O/c1-16-12-7-11(8-14-9-12)10-15-5-2-3-13-4-6-15/h7-9,13H,2-6,10H2,1H3. The lowest BCUT2D eigenvalue weighted by Gasteiger charge is -2.19. The van der Waals surface area contributed by atoms with Gasteiger partial charge in [-0.05, 0) is 31.1 Å². The summed E-state index contributed by atoms with van der Waals surface area (Å²) in [5, 5.41) is 3.40. The number of hydrogen-bond acceptors (Lipinski definition) is 4. The van der Waals surface area contributed by atoms with Crippen LogP contribution in [0.1, 0.15) is 12.0 Å². The zero-order valence-corrected chi connectivity index (χ0v) is 9.78. The van der Waals surface area contributed by atoms with E-state index in [4.69, 9.17) is 4.74 Å². The minimum absolute atomic E-state index is 0.838. The zero-order chi connectivity index (χ0) is 11.2. The van der Waals surface area contributed by atoms with E-state index in [-0.39, 0.29) is 0 Å². The van der Waals surface area contributed by atoms with Gasteiger partial charge in [0, 0.05) is 25.8 Å². The second-order valence-corrected chi connectivity index (χ2v) is 4.11. The molecule has 1 N–H and O–H groups in total. The number of hydrogen-bond donors (Lipinski definition) is 1. The van der Waals surface area contributed by atoms with Crippen LogP contribution in [0.15, 0.2) is 18.5 Å². The van der Waals surface area contributed by atoms with Crippen molar-refractivity contribution in [1.82, 2.24) is 15.2 Å². The summed E-state index contributed by atoms with van der Waals surface area (Å²) in [6.45, 7) is 5.44. The van der Waals surface area contributed by atoms with Gasteiger partial charge in [0.1, 0.15) is 5.75 Å². The summed E-state index contributed by atoms with van der Waals surface area (Å²) >= 11 is 0. The Hall–Kier alpha value is -1.13. The highest BCUT2D eigenvalue weighted by molar-refractivity contribution is 5.23. The number of ether oxygens (including phenoxy) is 1. The highest BCUT2D eigenvalue weighted by atomic mass is 16.5. The van der Waals surface area contributed by atoms with Gasteiger partial charge in [-0.2, -0.15) is 0 Å². The lowest BCUT2D eigenvalue weighted by molar-refractivity contribution is 0.283. The van der Waals surface area contributed by atoms with E-state index in [1.165, 1.54) is 12.0 Å². The molecular formula is C12H19N3O. The van der Waals surface area contributed by atoms with Crippen molar-refractivity contribution in [3.8, 4) is 5.75 Å². The Bertz CT molecular complexity index is 322. The van der Waals surface area contributed by atoms with Crippen LogP contribution < -0.4 is 10.1 Å². The van der Waals surface area contributed by atoms with Gasteiger partial charge in [0.25, 0.3) is 0 Å². The van der Waals surface area contributed by atoms with Crippen LogP contribution in [0.5, 0.6) is 5.75 Å². The molecule has 0 radical (unpaired) electrons. The normalized spacial score (nSPS) is 18.1. The molecule has 0 saturated carbocycles. The first-order valence-corrected chi connectivity index (χ1v) is 5.79. The van der Waals surface area contributed by atoms with E-state index in [9.17, 15) is 0 Å². The molecule has 1 aliphatic rings. The molecule has 0 atom stereocenters. The SMILES string of the molecule is COc1cncc(CN2CCCNCC2)c1. The summed E-state index contributed by atoms with van der Waals surface area (Å²) < 4.78 is 5.18. The van der Waals surface area contributed by atoms with Crippen molar-refractivity contribution < 1.29 is 4.74 Å². The Labute approximate surface area is 96.6 Å². The molecule has 1 aliphatic heterocycles. The Morgan fingerprint density at radius 3 is 3.19 bits per heavy atom. The van der Waals surface area contributed by atoms with Crippen molar-refractivity contribution in [3.05, 3.63) is 24.0 Å². The molecule has 88 valence electrons. The van der Waals surface area contributed by atoms with Crippen LogP contribution in [0.25, 0.3) is 0 Å².